The van der Waals surface area contributed by atoms with Crippen molar-refractivity contribution in [3.8, 4) is 5.75 Å². The van der Waals surface area contributed by atoms with Gasteiger partial charge in [-0.2, -0.15) is 5.10 Å². The van der Waals surface area contributed by atoms with Crippen molar-refractivity contribution in [3.63, 3.8) is 0 Å². The molecule has 0 atom stereocenters. The molecular weight excluding hydrogens is 360 g/mol. The Balaban J connectivity index is 1.74. The standard InChI is InChI=1S/C20H22N4O4/c1-24-9-8-17(25)19(28-12-14-6-4-3-5-7-14)18(24)20(26)21-11-15-10-16(13-27-2)23-22-15/h3-10H,11-13H2,1-2H3,(H,21,26)(H,22,23). The number of carbonyl (C=O) groups excluding carboxylic acids is 1. The maximum atomic E-state index is 12.7. The van der Waals surface area contributed by atoms with Crippen LogP contribution in [0.2, 0.25) is 0 Å². The lowest BCUT2D eigenvalue weighted by Crippen LogP contribution is -2.29. The summed E-state index contributed by atoms with van der Waals surface area (Å²) in [6.45, 7) is 0.813. The third kappa shape index (κ3) is 4.66. The van der Waals surface area contributed by atoms with Gasteiger partial charge in [0.15, 0.2) is 11.4 Å². The predicted molar refractivity (Wildman–Crippen MR) is 103 cm³/mol. The molecule has 1 aromatic carbocycles. The van der Waals surface area contributed by atoms with Gasteiger partial charge in [-0.3, -0.25) is 14.7 Å². The van der Waals surface area contributed by atoms with Gasteiger partial charge in [0, 0.05) is 26.4 Å². The monoisotopic (exact) mass is 382 g/mol. The van der Waals surface area contributed by atoms with E-state index in [1.54, 1.807) is 31.0 Å². The number of methoxy groups -OCH3 is 1. The quantitative estimate of drug-likeness (QED) is 0.619. The fourth-order valence-electron chi connectivity index (χ4n) is 2.72. The molecule has 28 heavy (non-hydrogen) atoms. The first-order valence-electron chi connectivity index (χ1n) is 8.75. The van der Waals surface area contributed by atoms with Crippen molar-refractivity contribution in [1.82, 2.24) is 20.1 Å². The highest BCUT2D eigenvalue weighted by molar-refractivity contribution is 5.95. The summed E-state index contributed by atoms with van der Waals surface area (Å²) in [5.41, 5.74) is 2.20. The minimum atomic E-state index is -0.411. The molecule has 1 amide bonds. The van der Waals surface area contributed by atoms with Gasteiger partial charge in [-0.25, -0.2) is 0 Å². The number of amides is 1. The summed E-state index contributed by atoms with van der Waals surface area (Å²) in [5.74, 6) is -0.387. The Hall–Kier alpha value is -3.39. The van der Waals surface area contributed by atoms with Gasteiger partial charge in [0.05, 0.1) is 24.5 Å². The summed E-state index contributed by atoms with van der Waals surface area (Å²) < 4.78 is 12.3. The molecule has 0 aliphatic heterocycles. The summed E-state index contributed by atoms with van der Waals surface area (Å²) in [6, 6.07) is 12.6. The Bertz CT molecular complexity index is 995. The molecule has 2 N–H and O–H groups in total. The van der Waals surface area contributed by atoms with Crippen LogP contribution in [0.15, 0.2) is 53.5 Å². The number of carbonyl (C=O) groups is 1. The third-order valence-corrected chi connectivity index (χ3v) is 4.10. The van der Waals surface area contributed by atoms with Gasteiger partial charge in [0.25, 0.3) is 5.91 Å². The molecule has 0 fully saturated rings. The zero-order valence-corrected chi connectivity index (χ0v) is 15.8. The Kier molecular flexibility index (Phi) is 6.23. The number of hydrogen-bond donors (Lipinski definition) is 2. The number of rotatable bonds is 8. The second-order valence-corrected chi connectivity index (χ2v) is 6.24. The Morgan fingerprint density at radius 3 is 2.75 bits per heavy atom. The zero-order valence-electron chi connectivity index (χ0n) is 15.8. The van der Waals surface area contributed by atoms with Gasteiger partial charge in [-0.05, 0) is 11.6 Å². The molecule has 0 saturated carbocycles. The number of hydrogen-bond acceptors (Lipinski definition) is 5. The molecule has 0 unspecified atom stereocenters. The van der Waals surface area contributed by atoms with Crippen molar-refractivity contribution in [2.24, 2.45) is 7.05 Å². The number of aryl methyl sites for hydroxylation is 1. The Morgan fingerprint density at radius 2 is 2.00 bits per heavy atom. The minimum absolute atomic E-state index is 0.0241. The van der Waals surface area contributed by atoms with Crippen LogP contribution in [0.3, 0.4) is 0 Å². The second kappa shape index (κ2) is 9.01. The number of benzene rings is 1. The molecule has 146 valence electrons. The smallest absolute Gasteiger partial charge is 0.272 e. The first-order valence-corrected chi connectivity index (χ1v) is 8.75. The molecule has 3 aromatic rings. The molecule has 3 rings (SSSR count). The lowest BCUT2D eigenvalue weighted by atomic mass is 10.2. The van der Waals surface area contributed by atoms with Crippen LogP contribution in [0.4, 0.5) is 0 Å². The van der Waals surface area contributed by atoms with Crippen molar-refractivity contribution in [2.45, 2.75) is 19.8 Å². The number of nitrogens with zero attached hydrogens (tertiary/aromatic N) is 2. The maximum Gasteiger partial charge on any atom is 0.272 e. The fourth-order valence-corrected chi connectivity index (χ4v) is 2.72. The maximum absolute atomic E-state index is 12.7. The van der Waals surface area contributed by atoms with E-state index in [1.807, 2.05) is 30.3 Å². The van der Waals surface area contributed by atoms with E-state index in [0.29, 0.717) is 6.61 Å². The van der Waals surface area contributed by atoms with Crippen LogP contribution in [0, 0.1) is 0 Å². The SMILES string of the molecule is COCc1cc(CNC(=O)c2c(OCc3ccccc3)c(=O)ccn2C)[nH]n1. The van der Waals surface area contributed by atoms with E-state index in [4.69, 9.17) is 9.47 Å². The van der Waals surface area contributed by atoms with Gasteiger partial charge in [0.2, 0.25) is 5.43 Å². The zero-order chi connectivity index (χ0) is 19.9. The molecule has 0 radical (unpaired) electrons. The lowest BCUT2D eigenvalue weighted by Gasteiger charge is -2.14. The fraction of sp³-hybridized carbons (Fsp3) is 0.250. The van der Waals surface area contributed by atoms with Crippen LogP contribution in [0.5, 0.6) is 5.75 Å². The number of H-pyrrole nitrogens is 1. The molecule has 2 aromatic heterocycles. The Morgan fingerprint density at radius 1 is 1.21 bits per heavy atom. The number of ether oxygens (including phenoxy) is 2. The molecule has 8 nitrogen and oxygen atoms in total. The van der Waals surface area contributed by atoms with E-state index >= 15 is 0 Å². The van der Waals surface area contributed by atoms with E-state index in [-0.39, 0.29) is 30.0 Å². The largest absolute Gasteiger partial charge is 0.483 e. The summed E-state index contributed by atoms with van der Waals surface area (Å²) in [5, 5.41) is 9.71. The molecule has 0 aliphatic rings. The van der Waals surface area contributed by atoms with E-state index in [0.717, 1.165) is 17.0 Å². The van der Waals surface area contributed by atoms with Crippen molar-refractivity contribution in [1.29, 1.82) is 0 Å². The van der Waals surface area contributed by atoms with Crippen molar-refractivity contribution in [3.05, 3.63) is 81.5 Å². The van der Waals surface area contributed by atoms with Gasteiger partial charge in [-0.15, -0.1) is 0 Å². The number of aromatic nitrogens is 3. The van der Waals surface area contributed by atoms with Crippen LogP contribution in [0.25, 0.3) is 0 Å². The number of aromatic amines is 1. The Labute approximate surface area is 162 Å². The normalized spacial score (nSPS) is 10.6. The molecule has 0 spiro atoms. The van der Waals surface area contributed by atoms with E-state index in [1.165, 1.54) is 6.07 Å². The molecule has 0 bridgehead atoms. The van der Waals surface area contributed by atoms with Crippen molar-refractivity contribution in [2.75, 3.05) is 7.11 Å². The average Bonchev–Trinajstić information content (AvgIpc) is 3.15. The highest BCUT2D eigenvalue weighted by Gasteiger charge is 2.19. The van der Waals surface area contributed by atoms with Crippen LogP contribution < -0.4 is 15.5 Å². The molecular formula is C20H22N4O4. The molecule has 0 saturated heterocycles. The van der Waals surface area contributed by atoms with E-state index < -0.39 is 5.91 Å². The van der Waals surface area contributed by atoms with Gasteiger partial charge >= 0.3 is 0 Å². The number of nitrogens with one attached hydrogen (secondary N) is 2. The minimum Gasteiger partial charge on any atom is -0.483 e. The van der Waals surface area contributed by atoms with Crippen LogP contribution in [0.1, 0.15) is 27.4 Å². The third-order valence-electron chi connectivity index (χ3n) is 4.10. The van der Waals surface area contributed by atoms with Crippen LogP contribution in [-0.4, -0.2) is 27.8 Å². The summed E-state index contributed by atoms with van der Waals surface area (Å²) >= 11 is 0. The molecule has 0 aliphatic carbocycles. The van der Waals surface area contributed by atoms with Gasteiger partial charge in [-0.1, -0.05) is 30.3 Å². The van der Waals surface area contributed by atoms with Crippen LogP contribution >= 0.6 is 0 Å². The second-order valence-electron chi connectivity index (χ2n) is 6.24. The van der Waals surface area contributed by atoms with E-state index in [2.05, 4.69) is 15.5 Å². The topological polar surface area (TPSA) is 98.2 Å². The molecule has 8 heteroatoms. The summed E-state index contributed by atoms with van der Waals surface area (Å²) in [4.78, 5) is 25.1. The lowest BCUT2D eigenvalue weighted by molar-refractivity contribution is 0.0935. The average molecular weight is 382 g/mol. The van der Waals surface area contributed by atoms with Crippen molar-refractivity contribution < 1.29 is 14.3 Å². The van der Waals surface area contributed by atoms with Gasteiger partial charge in [0.1, 0.15) is 6.61 Å². The van der Waals surface area contributed by atoms with Crippen molar-refractivity contribution >= 4 is 5.91 Å². The van der Waals surface area contributed by atoms with Gasteiger partial charge < -0.3 is 19.4 Å². The highest BCUT2D eigenvalue weighted by Crippen LogP contribution is 2.15. The summed E-state index contributed by atoms with van der Waals surface area (Å²) in [7, 11) is 3.28. The van der Waals surface area contributed by atoms with Crippen LogP contribution in [-0.2, 0) is 31.5 Å². The molecule has 2 heterocycles. The number of pyridine rings is 1. The first-order chi connectivity index (χ1) is 13.6. The highest BCUT2D eigenvalue weighted by atomic mass is 16.5. The predicted octanol–water partition coefficient (Wildman–Crippen LogP) is 1.76. The van der Waals surface area contributed by atoms with E-state index in [9.17, 15) is 9.59 Å². The summed E-state index contributed by atoms with van der Waals surface area (Å²) in [6.07, 6.45) is 1.54. The first kappa shape index (κ1) is 19.4.